The van der Waals surface area contributed by atoms with Crippen molar-refractivity contribution in [1.29, 1.82) is 0 Å². The topological polar surface area (TPSA) is 67.9 Å². The Morgan fingerprint density at radius 3 is 2.47 bits per heavy atom. The van der Waals surface area contributed by atoms with Gasteiger partial charge in [-0.05, 0) is 41.3 Å². The molecule has 1 N–H and O–H groups in total. The van der Waals surface area contributed by atoms with Crippen LogP contribution in [0.25, 0.3) is 0 Å². The Morgan fingerprint density at radius 1 is 0.971 bits per heavy atom. The number of halogens is 1. The van der Waals surface area contributed by atoms with E-state index in [0.29, 0.717) is 29.4 Å². The Kier molecular flexibility index (Phi) is 7.70. The standard InChI is InChI=1S/C27H27ClN2O4/c1-29-27(32)23(15-19-7-3-2-4-8-19)30(17-21-9-5-6-10-22(21)28)26(31)14-12-20-11-13-24-25(16-20)34-18-33-24/h2-11,13,16,23H,12,14-15,17-18H2,1H3,(H,29,32)/t23-/m0/s1. The van der Waals surface area contributed by atoms with E-state index in [0.717, 1.165) is 16.7 Å². The lowest BCUT2D eigenvalue weighted by Gasteiger charge is -2.31. The van der Waals surface area contributed by atoms with Gasteiger partial charge in [-0.2, -0.15) is 0 Å². The number of likely N-dealkylation sites (N-methyl/N-ethyl adjacent to an activating group) is 1. The molecule has 1 heterocycles. The Bertz CT molecular complexity index is 1150. The van der Waals surface area contributed by atoms with Crippen molar-refractivity contribution in [3.8, 4) is 11.5 Å². The first-order chi connectivity index (χ1) is 16.5. The number of hydrogen-bond donors (Lipinski definition) is 1. The van der Waals surface area contributed by atoms with Gasteiger partial charge in [-0.25, -0.2) is 0 Å². The van der Waals surface area contributed by atoms with Crippen molar-refractivity contribution in [2.75, 3.05) is 13.8 Å². The van der Waals surface area contributed by atoms with Crippen molar-refractivity contribution >= 4 is 23.4 Å². The molecule has 0 radical (unpaired) electrons. The van der Waals surface area contributed by atoms with Crippen molar-refractivity contribution in [3.63, 3.8) is 0 Å². The molecule has 1 aliphatic rings. The molecule has 176 valence electrons. The van der Waals surface area contributed by atoms with Crippen LogP contribution in [-0.4, -0.2) is 36.6 Å². The highest BCUT2D eigenvalue weighted by atomic mass is 35.5. The average Bonchev–Trinajstić information content (AvgIpc) is 3.34. The van der Waals surface area contributed by atoms with E-state index in [1.165, 1.54) is 0 Å². The Morgan fingerprint density at radius 2 is 1.71 bits per heavy atom. The molecule has 0 unspecified atom stereocenters. The molecule has 4 rings (SSSR count). The summed E-state index contributed by atoms with van der Waals surface area (Å²) < 4.78 is 10.8. The predicted molar refractivity (Wildman–Crippen MR) is 131 cm³/mol. The molecule has 2 amide bonds. The van der Waals surface area contributed by atoms with E-state index in [4.69, 9.17) is 21.1 Å². The number of benzene rings is 3. The summed E-state index contributed by atoms with van der Waals surface area (Å²) in [6, 6.07) is 22.1. The van der Waals surface area contributed by atoms with Crippen molar-refractivity contribution in [3.05, 3.63) is 94.5 Å². The number of carbonyl (C=O) groups is 2. The van der Waals surface area contributed by atoms with Gasteiger partial charge >= 0.3 is 0 Å². The molecule has 3 aromatic rings. The fourth-order valence-electron chi connectivity index (χ4n) is 4.02. The van der Waals surface area contributed by atoms with Crippen LogP contribution < -0.4 is 14.8 Å². The number of fused-ring (bicyclic) bond motifs is 1. The van der Waals surface area contributed by atoms with E-state index in [-0.39, 0.29) is 31.6 Å². The molecule has 1 aliphatic heterocycles. The highest BCUT2D eigenvalue weighted by molar-refractivity contribution is 6.31. The molecule has 0 spiro atoms. The van der Waals surface area contributed by atoms with Gasteiger partial charge in [0, 0.05) is 31.5 Å². The molecule has 0 saturated heterocycles. The summed E-state index contributed by atoms with van der Waals surface area (Å²) in [6.45, 7) is 0.446. The molecule has 0 aliphatic carbocycles. The van der Waals surface area contributed by atoms with Gasteiger partial charge in [0.25, 0.3) is 0 Å². The molecule has 1 atom stereocenters. The molecule has 3 aromatic carbocycles. The molecular weight excluding hydrogens is 452 g/mol. The summed E-state index contributed by atoms with van der Waals surface area (Å²) in [5, 5.41) is 3.29. The van der Waals surface area contributed by atoms with Gasteiger partial charge in [-0.1, -0.05) is 66.2 Å². The molecule has 7 heteroatoms. The molecule has 34 heavy (non-hydrogen) atoms. The first-order valence-corrected chi connectivity index (χ1v) is 11.6. The zero-order valence-corrected chi connectivity index (χ0v) is 19.8. The van der Waals surface area contributed by atoms with Crippen LogP contribution in [0.2, 0.25) is 5.02 Å². The first kappa shape index (κ1) is 23.6. The largest absolute Gasteiger partial charge is 0.454 e. The number of hydrogen-bond acceptors (Lipinski definition) is 4. The fourth-order valence-corrected chi connectivity index (χ4v) is 4.22. The maximum absolute atomic E-state index is 13.6. The molecule has 0 saturated carbocycles. The van der Waals surface area contributed by atoms with E-state index < -0.39 is 6.04 Å². The van der Waals surface area contributed by atoms with Gasteiger partial charge in [-0.15, -0.1) is 0 Å². The second-order valence-corrected chi connectivity index (χ2v) is 8.53. The van der Waals surface area contributed by atoms with Gasteiger partial charge in [0.05, 0.1) is 0 Å². The van der Waals surface area contributed by atoms with Crippen LogP contribution in [0.15, 0.2) is 72.8 Å². The Balaban J connectivity index is 1.58. The van der Waals surface area contributed by atoms with E-state index in [1.54, 1.807) is 18.0 Å². The van der Waals surface area contributed by atoms with Crippen LogP contribution in [0.5, 0.6) is 11.5 Å². The minimum absolute atomic E-state index is 0.123. The number of aryl methyl sites for hydroxylation is 1. The predicted octanol–water partition coefficient (Wildman–Crippen LogP) is 4.39. The highest BCUT2D eigenvalue weighted by Gasteiger charge is 2.30. The van der Waals surface area contributed by atoms with Crippen LogP contribution in [0.1, 0.15) is 23.1 Å². The van der Waals surface area contributed by atoms with E-state index in [1.807, 2.05) is 66.7 Å². The molecule has 0 fully saturated rings. The first-order valence-electron chi connectivity index (χ1n) is 11.2. The molecular formula is C27H27ClN2O4. The van der Waals surface area contributed by atoms with Gasteiger partial charge in [0.1, 0.15) is 6.04 Å². The van der Waals surface area contributed by atoms with Gasteiger partial charge in [0.15, 0.2) is 11.5 Å². The maximum atomic E-state index is 13.6. The molecule has 0 aromatic heterocycles. The molecule has 6 nitrogen and oxygen atoms in total. The maximum Gasteiger partial charge on any atom is 0.242 e. The lowest BCUT2D eigenvalue weighted by atomic mass is 10.0. The SMILES string of the molecule is CNC(=O)[C@H](Cc1ccccc1)N(Cc1ccccc1Cl)C(=O)CCc1ccc2c(c1)OCO2. The monoisotopic (exact) mass is 478 g/mol. The van der Waals surface area contributed by atoms with E-state index in [2.05, 4.69) is 5.32 Å². The highest BCUT2D eigenvalue weighted by Crippen LogP contribution is 2.33. The third-order valence-electron chi connectivity index (χ3n) is 5.88. The van der Waals surface area contributed by atoms with Crippen molar-refractivity contribution in [1.82, 2.24) is 10.2 Å². The third kappa shape index (κ3) is 5.69. The lowest BCUT2D eigenvalue weighted by Crippen LogP contribution is -2.49. The second-order valence-electron chi connectivity index (χ2n) is 8.12. The number of nitrogens with zero attached hydrogens (tertiary/aromatic N) is 1. The van der Waals surface area contributed by atoms with Crippen molar-refractivity contribution in [2.24, 2.45) is 0 Å². The van der Waals surface area contributed by atoms with Crippen LogP contribution in [-0.2, 0) is 29.0 Å². The summed E-state index contributed by atoms with van der Waals surface area (Å²) in [5.41, 5.74) is 2.74. The quantitative estimate of drug-likeness (QED) is 0.495. The Labute approximate surface area is 204 Å². The van der Waals surface area contributed by atoms with Crippen molar-refractivity contribution < 1.29 is 19.1 Å². The summed E-state index contributed by atoms with van der Waals surface area (Å²) in [5.74, 6) is 1.05. The smallest absolute Gasteiger partial charge is 0.242 e. The van der Waals surface area contributed by atoms with E-state index >= 15 is 0 Å². The van der Waals surface area contributed by atoms with Gasteiger partial charge in [0.2, 0.25) is 18.6 Å². The van der Waals surface area contributed by atoms with Gasteiger partial charge in [-0.3, -0.25) is 9.59 Å². The number of rotatable bonds is 9. The van der Waals surface area contributed by atoms with Crippen LogP contribution in [0.4, 0.5) is 0 Å². The number of carbonyl (C=O) groups excluding carboxylic acids is 2. The number of ether oxygens (including phenoxy) is 2. The van der Waals surface area contributed by atoms with Crippen molar-refractivity contribution in [2.45, 2.75) is 31.8 Å². The normalized spacial score (nSPS) is 12.8. The zero-order chi connectivity index (χ0) is 23.9. The van der Waals surface area contributed by atoms with E-state index in [9.17, 15) is 9.59 Å². The van der Waals surface area contributed by atoms with Crippen LogP contribution in [0, 0.1) is 0 Å². The lowest BCUT2D eigenvalue weighted by molar-refractivity contribution is -0.141. The Hall–Kier alpha value is -3.51. The molecule has 0 bridgehead atoms. The summed E-state index contributed by atoms with van der Waals surface area (Å²) in [6.07, 6.45) is 1.16. The van der Waals surface area contributed by atoms with Crippen LogP contribution in [0.3, 0.4) is 0 Å². The summed E-state index contributed by atoms with van der Waals surface area (Å²) >= 11 is 6.41. The summed E-state index contributed by atoms with van der Waals surface area (Å²) in [7, 11) is 1.59. The third-order valence-corrected chi connectivity index (χ3v) is 6.25. The summed E-state index contributed by atoms with van der Waals surface area (Å²) in [4.78, 5) is 28.2. The number of nitrogens with one attached hydrogen (secondary N) is 1. The van der Waals surface area contributed by atoms with Gasteiger partial charge < -0.3 is 19.7 Å². The number of amides is 2. The second kappa shape index (κ2) is 11.1. The zero-order valence-electron chi connectivity index (χ0n) is 19.0. The average molecular weight is 479 g/mol. The minimum Gasteiger partial charge on any atom is -0.454 e. The van der Waals surface area contributed by atoms with Crippen LogP contribution >= 0.6 is 11.6 Å². The fraction of sp³-hybridized carbons (Fsp3) is 0.259. The minimum atomic E-state index is -0.673.